The second-order valence-electron chi connectivity index (χ2n) is 17.1. The van der Waals surface area contributed by atoms with Crippen molar-refractivity contribution in [2.75, 3.05) is 68.0 Å². The van der Waals surface area contributed by atoms with Crippen LogP contribution in [-0.4, -0.2) is 121 Å². The molecule has 8 rings (SSSR count). The van der Waals surface area contributed by atoms with Crippen LogP contribution in [0, 0.1) is 5.92 Å². The Morgan fingerprint density at radius 2 is 1.58 bits per heavy atom. The van der Waals surface area contributed by atoms with Crippen LogP contribution in [0.2, 0.25) is 0 Å². The average Bonchev–Trinajstić information content (AvgIpc) is 3.88. The Labute approximate surface area is 353 Å². The monoisotopic (exact) mass is 871 g/mol. The molecule has 0 radical (unpaired) electrons. The Morgan fingerprint density at radius 1 is 0.867 bits per heavy atom. The topological polar surface area (TPSA) is 163 Å². The van der Waals surface area contributed by atoms with Gasteiger partial charge in [0.25, 0.3) is 0 Å². The van der Waals surface area contributed by atoms with Gasteiger partial charge in [0, 0.05) is 56.2 Å². The number of piperidine rings is 1. The van der Waals surface area contributed by atoms with Crippen molar-refractivity contribution >= 4 is 20.0 Å². The van der Waals surface area contributed by atoms with Gasteiger partial charge in [-0.1, -0.05) is 0 Å². The molecular weight excluding hydrogens is 815 g/mol. The number of hydrogen-bond acceptors (Lipinski definition) is 13. The zero-order valence-corrected chi connectivity index (χ0v) is 36.8. The summed E-state index contributed by atoms with van der Waals surface area (Å²) in [6.07, 6.45) is 1.96. The van der Waals surface area contributed by atoms with Crippen LogP contribution in [0.15, 0.2) is 58.3 Å². The molecule has 0 amide bonds. The zero-order valence-electron chi connectivity index (χ0n) is 35.2. The number of sulfonamides is 2. The van der Waals surface area contributed by atoms with Crippen molar-refractivity contribution in [1.82, 2.24) is 13.5 Å². The van der Waals surface area contributed by atoms with Crippen LogP contribution < -0.4 is 23.7 Å². The van der Waals surface area contributed by atoms with E-state index in [4.69, 9.17) is 33.2 Å². The molecule has 1 N–H and O–H groups in total. The molecule has 5 heterocycles. The first-order chi connectivity index (χ1) is 28.6. The number of benzene rings is 3. The highest BCUT2D eigenvalue weighted by Gasteiger charge is 2.53. The third kappa shape index (κ3) is 7.96. The molecule has 3 aromatic rings. The standard InChI is InChI=1S/C43H57N3O12S2/c1-42(2)26-28(21-30(47)24-35-39-29(13-16-44(35)3)23-37-40(41(39)54-6)56-27-55-37)22-36(58-42)34-25-32(53-5)9-12-38(34)60(50,51)46-19-20-57-43(46)14-17-45(18-15-43)59(48,49)33-10-7-31(52-4)8-11-33/h7-12,23,25,28,30,35-36,47H,13-22,24,26-27H2,1-6H3. The van der Waals surface area contributed by atoms with Gasteiger partial charge in [-0.2, -0.15) is 8.61 Å². The van der Waals surface area contributed by atoms with Gasteiger partial charge < -0.3 is 38.3 Å². The maximum absolute atomic E-state index is 15.0. The minimum Gasteiger partial charge on any atom is -0.497 e. The first-order valence-corrected chi connectivity index (χ1v) is 23.5. The van der Waals surface area contributed by atoms with E-state index in [-0.39, 0.29) is 67.6 Å². The van der Waals surface area contributed by atoms with Crippen molar-refractivity contribution in [3.8, 4) is 28.7 Å². The third-order valence-electron chi connectivity index (χ3n) is 12.9. The van der Waals surface area contributed by atoms with Gasteiger partial charge in [0.2, 0.25) is 32.6 Å². The number of hydrogen-bond donors (Lipinski definition) is 1. The molecule has 3 saturated heterocycles. The summed E-state index contributed by atoms with van der Waals surface area (Å²) >= 11 is 0. The number of rotatable bonds is 12. The Kier molecular flexibility index (Phi) is 11.9. The van der Waals surface area contributed by atoms with E-state index in [9.17, 15) is 21.9 Å². The van der Waals surface area contributed by atoms with E-state index in [2.05, 4.69) is 11.9 Å². The third-order valence-corrected chi connectivity index (χ3v) is 16.8. The molecule has 15 nitrogen and oxygen atoms in total. The molecule has 60 heavy (non-hydrogen) atoms. The Morgan fingerprint density at radius 3 is 2.28 bits per heavy atom. The van der Waals surface area contributed by atoms with Gasteiger partial charge in [-0.05, 0) is 113 Å². The lowest BCUT2D eigenvalue weighted by Gasteiger charge is -2.44. The van der Waals surface area contributed by atoms with Crippen molar-refractivity contribution in [2.24, 2.45) is 5.92 Å². The number of nitrogens with zero attached hydrogens (tertiary/aromatic N) is 3. The smallest absolute Gasteiger partial charge is 0.245 e. The molecule has 4 unspecified atom stereocenters. The van der Waals surface area contributed by atoms with E-state index >= 15 is 0 Å². The molecule has 3 aromatic carbocycles. The summed E-state index contributed by atoms with van der Waals surface area (Å²) in [5.41, 5.74) is 0.768. The van der Waals surface area contributed by atoms with Crippen molar-refractivity contribution in [3.63, 3.8) is 0 Å². The lowest BCUT2D eigenvalue weighted by Crippen LogP contribution is -2.55. The van der Waals surface area contributed by atoms with Crippen LogP contribution in [0.1, 0.15) is 81.2 Å². The van der Waals surface area contributed by atoms with Crippen LogP contribution >= 0.6 is 0 Å². The molecule has 0 aliphatic carbocycles. The largest absolute Gasteiger partial charge is 0.497 e. The Bertz CT molecular complexity index is 2280. The highest BCUT2D eigenvalue weighted by Crippen LogP contribution is 2.51. The van der Waals surface area contributed by atoms with Gasteiger partial charge in [0.05, 0.1) is 55.5 Å². The summed E-state index contributed by atoms with van der Waals surface area (Å²) < 4.78 is 101. The Balaban J connectivity index is 1.02. The first kappa shape index (κ1) is 43.0. The molecule has 4 atom stereocenters. The van der Waals surface area contributed by atoms with E-state index in [1.54, 1.807) is 37.4 Å². The quantitative estimate of drug-likeness (QED) is 0.251. The van der Waals surface area contributed by atoms with Crippen molar-refractivity contribution in [3.05, 3.63) is 65.2 Å². The van der Waals surface area contributed by atoms with Crippen LogP contribution in [-0.2, 0) is 35.9 Å². The number of likely N-dealkylation sites (N-methyl/N-ethyl adjacent to an activating group) is 1. The van der Waals surface area contributed by atoms with Gasteiger partial charge >= 0.3 is 0 Å². The van der Waals surface area contributed by atoms with Crippen LogP contribution in [0.3, 0.4) is 0 Å². The average molecular weight is 872 g/mol. The van der Waals surface area contributed by atoms with Crippen LogP contribution in [0.25, 0.3) is 0 Å². The van der Waals surface area contributed by atoms with E-state index in [1.807, 2.05) is 19.9 Å². The van der Waals surface area contributed by atoms with Crippen LogP contribution in [0.4, 0.5) is 0 Å². The maximum Gasteiger partial charge on any atom is 0.245 e. The summed E-state index contributed by atoms with van der Waals surface area (Å²) in [6, 6.07) is 13.1. The van der Waals surface area contributed by atoms with E-state index < -0.39 is 43.6 Å². The number of methoxy groups -OCH3 is 3. The molecule has 1 spiro atoms. The highest BCUT2D eigenvalue weighted by atomic mass is 32.2. The predicted molar refractivity (Wildman–Crippen MR) is 221 cm³/mol. The number of fused-ring (bicyclic) bond motifs is 2. The fourth-order valence-corrected chi connectivity index (χ4v) is 13.4. The molecule has 0 bridgehead atoms. The summed E-state index contributed by atoms with van der Waals surface area (Å²) in [5.74, 6) is 2.96. The number of aliphatic hydroxyl groups excluding tert-OH is 1. The van der Waals surface area contributed by atoms with E-state index in [0.717, 1.165) is 24.1 Å². The fraction of sp³-hybridized carbons (Fsp3) is 0.581. The van der Waals surface area contributed by atoms with Gasteiger partial charge in [-0.3, -0.25) is 4.90 Å². The summed E-state index contributed by atoms with van der Waals surface area (Å²) in [4.78, 5) is 2.48. The van der Waals surface area contributed by atoms with E-state index in [1.165, 1.54) is 35.0 Å². The lowest BCUT2D eigenvalue weighted by atomic mass is 9.79. The molecule has 5 aliphatic rings. The first-order valence-electron chi connectivity index (χ1n) is 20.6. The summed E-state index contributed by atoms with van der Waals surface area (Å²) in [7, 11) is -1.29. The molecule has 17 heteroatoms. The van der Waals surface area contributed by atoms with Crippen molar-refractivity contribution < 1.29 is 55.1 Å². The Hall–Kier alpha value is -3.68. The van der Waals surface area contributed by atoms with Gasteiger partial charge in [-0.25, -0.2) is 16.8 Å². The molecule has 0 aromatic heterocycles. The minimum atomic E-state index is -4.20. The normalized spacial score (nSPS) is 24.9. The van der Waals surface area contributed by atoms with Gasteiger partial charge in [0.15, 0.2) is 11.5 Å². The van der Waals surface area contributed by atoms with Crippen LogP contribution in [0.5, 0.6) is 28.7 Å². The SMILES string of the molecule is COc1ccc(S(=O)(=O)N2CCC3(CC2)OCCN3S(=O)(=O)c2ccc(OC)cc2C2CC(CC(O)CC3c4c(cc5c(c4OC)OCO5)CCN3C)CC(C)(C)O2)cc1. The number of aliphatic hydroxyl groups is 1. The molecular formula is C43H57N3O12S2. The van der Waals surface area contributed by atoms with Crippen molar-refractivity contribution in [2.45, 2.75) is 98.2 Å². The second-order valence-corrected chi connectivity index (χ2v) is 20.9. The molecule has 328 valence electrons. The zero-order chi connectivity index (χ0) is 42.6. The molecule has 0 saturated carbocycles. The highest BCUT2D eigenvalue weighted by molar-refractivity contribution is 7.89. The minimum absolute atomic E-state index is 0.000891. The van der Waals surface area contributed by atoms with Gasteiger partial charge in [0.1, 0.15) is 17.2 Å². The lowest BCUT2D eigenvalue weighted by molar-refractivity contribution is -0.134. The maximum atomic E-state index is 15.0. The predicted octanol–water partition coefficient (Wildman–Crippen LogP) is 5.26. The number of ether oxygens (including phenoxy) is 7. The summed E-state index contributed by atoms with van der Waals surface area (Å²) in [6.45, 7) is 5.42. The second kappa shape index (κ2) is 16.5. The molecule has 3 fully saturated rings. The van der Waals surface area contributed by atoms with E-state index in [0.29, 0.717) is 60.0 Å². The van der Waals surface area contributed by atoms with Gasteiger partial charge in [-0.15, -0.1) is 0 Å². The molecule has 5 aliphatic heterocycles. The van der Waals surface area contributed by atoms with Crippen molar-refractivity contribution in [1.29, 1.82) is 0 Å². The summed E-state index contributed by atoms with van der Waals surface area (Å²) in [5, 5.41) is 11.8. The fourth-order valence-electron chi connectivity index (χ4n) is 10.1.